The summed E-state index contributed by atoms with van der Waals surface area (Å²) in [6.45, 7) is 0.229. The van der Waals surface area contributed by atoms with Crippen LogP contribution in [0.3, 0.4) is 0 Å². The molecule has 0 radical (unpaired) electrons. The van der Waals surface area contributed by atoms with E-state index in [0.29, 0.717) is 30.1 Å². The highest BCUT2D eigenvalue weighted by Gasteiger charge is 2.44. The van der Waals surface area contributed by atoms with Crippen molar-refractivity contribution in [3.05, 3.63) is 0 Å². The number of hydrogen-bond donors (Lipinski definition) is 2. The zero-order valence-corrected chi connectivity index (χ0v) is 8.74. The second kappa shape index (κ2) is 4.76. The standard InChI is InChI=1S/C9H14FN3S/c10-7-3-9(4-7,1-2-11)6-14-8(13)5-12/h7,13H,1,3-6,12H2. The third kappa shape index (κ3) is 2.69. The van der Waals surface area contributed by atoms with Gasteiger partial charge in [-0.1, -0.05) is 0 Å². The molecule has 1 fully saturated rings. The average molecular weight is 215 g/mol. The van der Waals surface area contributed by atoms with E-state index in [4.69, 9.17) is 16.4 Å². The highest BCUT2D eigenvalue weighted by atomic mass is 32.2. The van der Waals surface area contributed by atoms with Crippen LogP contribution in [-0.2, 0) is 0 Å². The second-order valence-corrected chi connectivity index (χ2v) is 4.83. The lowest BCUT2D eigenvalue weighted by Gasteiger charge is -2.42. The molecule has 1 aliphatic carbocycles. The minimum absolute atomic E-state index is 0.194. The molecule has 0 aromatic rings. The number of nitrogens with one attached hydrogen (secondary N) is 1. The van der Waals surface area contributed by atoms with Crippen LogP contribution in [0.15, 0.2) is 0 Å². The Bertz CT molecular complexity index is 255. The molecule has 1 aliphatic rings. The summed E-state index contributed by atoms with van der Waals surface area (Å²) < 4.78 is 12.7. The normalized spacial score (nSPS) is 30.5. The van der Waals surface area contributed by atoms with Gasteiger partial charge in [0, 0.05) is 18.7 Å². The summed E-state index contributed by atoms with van der Waals surface area (Å²) in [6, 6.07) is 2.09. The molecule has 0 aromatic carbocycles. The topological polar surface area (TPSA) is 73.7 Å². The van der Waals surface area contributed by atoms with E-state index in [1.54, 1.807) is 0 Å². The average Bonchev–Trinajstić information content (AvgIpc) is 2.12. The van der Waals surface area contributed by atoms with Gasteiger partial charge in [0.2, 0.25) is 0 Å². The summed E-state index contributed by atoms with van der Waals surface area (Å²) in [6.07, 6.45) is 0.561. The van der Waals surface area contributed by atoms with E-state index < -0.39 is 6.17 Å². The molecule has 0 amide bonds. The largest absolute Gasteiger partial charge is 0.325 e. The molecule has 5 heteroatoms. The first-order valence-electron chi connectivity index (χ1n) is 4.53. The minimum atomic E-state index is -0.754. The lowest BCUT2D eigenvalue weighted by molar-refractivity contribution is 0.0508. The van der Waals surface area contributed by atoms with E-state index in [0.717, 1.165) is 0 Å². The van der Waals surface area contributed by atoms with Crippen molar-refractivity contribution in [1.82, 2.24) is 0 Å². The van der Waals surface area contributed by atoms with Crippen LogP contribution in [0.4, 0.5) is 4.39 Å². The molecule has 0 aromatic heterocycles. The molecule has 0 spiro atoms. The third-order valence-corrected chi connectivity index (χ3v) is 3.77. The Balaban J connectivity index is 2.38. The molecule has 3 N–H and O–H groups in total. The van der Waals surface area contributed by atoms with E-state index >= 15 is 0 Å². The van der Waals surface area contributed by atoms with Gasteiger partial charge in [0.25, 0.3) is 0 Å². The van der Waals surface area contributed by atoms with Crippen LogP contribution in [0.2, 0.25) is 0 Å². The van der Waals surface area contributed by atoms with Crippen LogP contribution in [0.5, 0.6) is 0 Å². The molecule has 78 valence electrons. The van der Waals surface area contributed by atoms with Gasteiger partial charge < -0.3 is 5.73 Å². The first-order valence-corrected chi connectivity index (χ1v) is 5.52. The van der Waals surface area contributed by atoms with Gasteiger partial charge in [-0.05, 0) is 18.3 Å². The van der Waals surface area contributed by atoms with Gasteiger partial charge in [-0.2, -0.15) is 5.26 Å². The van der Waals surface area contributed by atoms with Crippen LogP contribution >= 0.6 is 11.8 Å². The fourth-order valence-corrected chi connectivity index (χ4v) is 2.60. The molecular formula is C9H14FN3S. The van der Waals surface area contributed by atoms with Crippen molar-refractivity contribution in [2.75, 3.05) is 12.3 Å². The monoisotopic (exact) mass is 215 g/mol. The van der Waals surface area contributed by atoms with E-state index in [2.05, 4.69) is 6.07 Å². The van der Waals surface area contributed by atoms with Crippen molar-refractivity contribution in [1.29, 1.82) is 10.7 Å². The van der Waals surface area contributed by atoms with Gasteiger partial charge in [-0.15, -0.1) is 11.8 Å². The maximum Gasteiger partial charge on any atom is 0.101 e. The number of hydrogen-bond acceptors (Lipinski definition) is 4. The van der Waals surface area contributed by atoms with Crippen molar-refractivity contribution in [3.63, 3.8) is 0 Å². The lowest BCUT2D eigenvalue weighted by Crippen LogP contribution is -2.40. The summed E-state index contributed by atoms with van der Waals surface area (Å²) in [5, 5.41) is 16.4. The molecule has 1 rings (SSSR count). The van der Waals surface area contributed by atoms with Gasteiger partial charge in [0.05, 0.1) is 11.1 Å². The number of rotatable bonds is 4. The predicted molar refractivity (Wildman–Crippen MR) is 56.0 cm³/mol. The Morgan fingerprint density at radius 2 is 2.36 bits per heavy atom. The number of thioether (sulfide) groups is 1. The molecular weight excluding hydrogens is 201 g/mol. The Morgan fingerprint density at radius 1 is 1.71 bits per heavy atom. The lowest BCUT2D eigenvalue weighted by atomic mass is 9.67. The second-order valence-electron chi connectivity index (χ2n) is 3.76. The Labute approximate surface area is 87.4 Å². The van der Waals surface area contributed by atoms with Crippen LogP contribution in [0, 0.1) is 22.2 Å². The maximum atomic E-state index is 12.7. The zero-order valence-electron chi connectivity index (χ0n) is 7.92. The first kappa shape index (κ1) is 11.5. The van der Waals surface area contributed by atoms with Crippen LogP contribution in [0.25, 0.3) is 0 Å². The highest BCUT2D eigenvalue weighted by molar-refractivity contribution is 8.13. The highest BCUT2D eigenvalue weighted by Crippen LogP contribution is 2.47. The number of alkyl halides is 1. The molecule has 14 heavy (non-hydrogen) atoms. The SMILES string of the molecule is N#CCC1(CSC(=N)CN)CC(F)C1. The van der Waals surface area contributed by atoms with Crippen molar-refractivity contribution >= 4 is 16.8 Å². The maximum absolute atomic E-state index is 12.7. The fourth-order valence-electron chi connectivity index (χ4n) is 1.66. The van der Waals surface area contributed by atoms with Crippen molar-refractivity contribution in [2.45, 2.75) is 25.4 Å². The Morgan fingerprint density at radius 3 is 2.79 bits per heavy atom. The quantitative estimate of drug-likeness (QED) is 0.553. The molecule has 0 bridgehead atoms. The predicted octanol–water partition coefficient (Wildman–Crippen LogP) is 1.69. The van der Waals surface area contributed by atoms with Crippen molar-refractivity contribution in [2.24, 2.45) is 11.1 Å². The van der Waals surface area contributed by atoms with Crippen molar-refractivity contribution in [3.8, 4) is 6.07 Å². The fraction of sp³-hybridized carbons (Fsp3) is 0.778. The van der Waals surface area contributed by atoms with E-state index in [9.17, 15) is 4.39 Å². The molecule has 0 unspecified atom stereocenters. The van der Waals surface area contributed by atoms with Crippen molar-refractivity contribution < 1.29 is 4.39 Å². The summed E-state index contributed by atoms with van der Waals surface area (Å²) >= 11 is 1.34. The Kier molecular flexibility index (Phi) is 3.90. The summed E-state index contributed by atoms with van der Waals surface area (Å²) in [7, 11) is 0. The number of nitriles is 1. The number of nitrogens with zero attached hydrogens (tertiary/aromatic N) is 1. The van der Waals surface area contributed by atoms with E-state index in [-0.39, 0.29) is 12.0 Å². The number of nitrogens with two attached hydrogens (primary N) is 1. The first-order chi connectivity index (χ1) is 6.62. The third-order valence-electron chi connectivity index (χ3n) is 2.50. The summed E-state index contributed by atoms with van der Waals surface area (Å²) in [4.78, 5) is 0. The van der Waals surface area contributed by atoms with Gasteiger partial charge in [-0.3, -0.25) is 5.41 Å². The summed E-state index contributed by atoms with van der Waals surface area (Å²) in [5.74, 6) is 0.650. The zero-order chi connectivity index (χ0) is 10.6. The molecule has 0 heterocycles. The summed E-state index contributed by atoms with van der Waals surface area (Å²) in [5.41, 5.74) is 5.08. The van der Waals surface area contributed by atoms with Gasteiger partial charge in [-0.25, -0.2) is 4.39 Å². The molecule has 0 saturated heterocycles. The van der Waals surface area contributed by atoms with Gasteiger partial charge in [0.15, 0.2) is 0 Å². The molecule has 0 aliphatic heterocycles. The van der Waals surface area contributed by atoms with Crippen LogP contribution < -0.4 is 5.73 Å². The van der Waals surface area contributed by atoms with Gasteiger partial charge in [0.1, 0.15) is 6.17 Å². The smallest absolute Gasteiger partial charge is 0.101 e. The molecule has 3 nitrogen and oxygen atoms in total. The molecule has 0 atom stereocenters. The van der Waals surface area contributed by atoms with E-state index in [1.165, 1.54) is 11.8 Å². The van der Waals surface area contributed by atoms with Crippen LogP contribution in [-0.4, -0.2) is 23.5 Å². The number of halogens is 1. The van der Waals surface area contributed by atoms with Gasteiger partial charge >= 0.3 is 0 Å². The minimum Gasteiger partial charge on any atom is -0.325 e. The molecule has 1 saturated carbocycles. The Hall–Kier alpha value is -0.600. The van der Waals surface area contributed by atoms with Crippen LogP contribution in [0.1, 0.15) is 19.3 Å². The van der Waals surface area contributed by atoms with E-state index in [1.807, 2.05) is 0 Å².